The molecule has 3 nitrogen and oxygen atoms in total. The van der Waals surface area contributed by atoms with Crippen molar-refractivity contribution in [3.63, 3.8) is 0 Å². The highest BCUT2D eigenvalue weighted by Gasteiger charge is 2.71. The van der Waals surface area contributed by atoms with Crippen molar-refractivity contribution in [2.75, 3.05) is 0 Å². The number of carboxylic acids is 1. The Morgan fingerprint density at radius 2 is 1.52 bits per heavy atom. The van der Waals surface area contributed by atoms with Crippen molar-refractivity contribution in [1.29, 1.82) is 0 Å². The third-order valence-electron chi connectivity index (χ3n) is 13.9. The van der Waals surface area contributed by atoms with Gasteiger partial charge in [-0.1, -0.05) is 41.5 Å². The average Bonchev–Trinajstić information content (AvgIpc) is 2.75. The molecule has 33 heavy (non-hydrogen) atoms. The van der Waals surface area contributed by atoms with E-state index < -0.39 is 11.4 Å². The molecular formula is C30H48O3. The summed E-state index contributed by atoms with van der Waals surface area (Å²) < 4.78 is 0. The van der Waals surface area contributed by atoms with E-state index in [0.717, 1.165) is 42.9 Å². The van der Waals surface area contributed by atoms with Gasteiger partial charge in [0.05, 0.1) is 0 Å². The molecule has 5 fully saturated rings. The summed E-state index contributed by atoms with van der Waals surface area (Å²) in [6.07, 6.45) is 11.3. The first-order valence-electron chi connectivity index (χ1n) is 14.0. The van der Waals surface area contributed by atoms with Gasteiger partial charge in [0.25, 0.3) is 0 Å². The predicted octanol–water partition coefficient (Wildman–Crippen LogP) is 7.38. The van der Waals surface area contributed by atoms with Crippen molar-refractivity contribution >= 4 is 11.8 Å². The van der Waals surface area contributed by atoms with Gasteiger partial charge in [0.1, 0.15) is 11.2 Å². The second-order valence-corrected chi connectivity index (χ2v) is 14.7. The topological polar surface area (TPSA) is 54.4 Å². The lowest BCUT2D eigenvalue weighted by Crippen LogP contribution is -2.68. The molecule has 0 bridgehead atoms. The Morgan fingerprint density at radius 1 is 0.818 bits per heavy atom. The number of carbonyl (C=O) groups excluding carboxylic acids is 1. The maximum Gasteiger partial charge on any atom is 0.317 e. The van der Waals surface area contributed by atoms with Gasteiger partial charge < -0.3 is 5.11 Å². The van der Waals surface area contributed by atoms with Crippen LogP contribution in [0.4, 0.5) is 0 Å². The lowest BCUT2D eigenvalue weighted by atomic mass is 9.31. The highest BCUT2D eigenvalue weighted by Crippen LogP contribution is 2.76. The molecule has 5 aliphatic rings. The van der Waals surface area contributed by atoms with Crippen LogP contribution in [0.25, 0.3) is 0 Å². The number of aliphatic carboxylic acids is 1. The SMILES string of the molecule is C[C@@H]1[C@@H]2[C@H]3CC[C@@H]4[C@@]5(C)CCC(=O)[C@](C)(C(=O)O)[C@H]5CC[C@@]4(C)[C@]3(C)CC[C@@]2(C)CC[C@H]1C. The monoisotopic (exact) mass is 456 g/mol. The molecule has 11 atom stereocenters. The fourth-order valence-corrected chi connectivity index (χ4v) is 11.5. The smallest absolute Gasteiger partial charge is 0.317 e. The van der Waals surface area contributed by atoms with Gasteiger partial charge >= 0.3 is 5.97 Å². The van der Waals surface area contributed by atoms with Crippen LogP contribution in [0, 0.1) is 62.6 Å². The third-order valence-corrected chi connectivity index (χ3v) is 13.9. The largest absolute Gasteiger partial charge is 0.480 e. The normalized spacial score (nSPS) is 58.5. The first kappa shape index (κ1) is 23.9. The van der Waals surface area contributed by atoms with Crippen LogP contribution in [0.15, 0.2) is 0 Å². The number of hydrogen-bond acceptors (Lipinski definition) is 2. The third kappa shape index (κ3) is 2.75. The Hall–Kier alpha value is -0.860. The van der Waals surface area contributed by atoms with Crippen LogP contribution < -0.4 is 0 Å². The van der Waals surface area contributed by atoms with E-state index in [0.29, 0.717) is 23.2 Å². The zero-order chi connectivity index (χ0) is 24.2. The summed E-state index contributed by atoms with van der Waals surface area (Å²) in [5.74, 6) is 2.81. The summed E-state index contributed by atoms with van der Waals surface area (Å²) in [5.41, 5.74) is -0.193. The first-order valence-corrected chi connectivity index (χ1v) is 14.0. The summed E-state index contributed by atoms with van der Waals surface area (Å²) in [7, 11) is 0. The van der Waals surface area contributed by atoms with E-state index in [2.05, 4.69) is 41.5 Å². The number of Topliss-reactive ketones (excluding diaryl/α,β-unsaturated/α-hetero) is 1. The van der Waals surface area contributed by atoms with Gasteiger partial charge in [0.2, 0.25) is 0 Å². The van der Waals surface area contributed by atoms with Gasteiger partial charge in [-0.15, -0.1) is 0 Å². The summed E-state index contributed by atoms with van der Waals surface area (Å²) in [4.78, 5) is 25.4. The quantitative estimate of drug-likeness (QED) is 0.419. The Labute approximate surface area is 201 Å². The van der Waals surface area contributed by atoms with Gasteiger partial charge in [-0.3, -0.25) is 9.59 Å². The molecule has 0 radical (unpaired) electrons. The van der Waals surface area contributed by atoms with E-state index >= 15 is 0 Å². The maximum absolute atomic E-state index is 13.0. The summed E-state index contributed by atoms with van der Waals surface area (Å²) in [5, 5.41) is 10.2. The molecule has 0 amide bonds. The number of fused-ring (bicyclic) bond motifs is 7. The number of rotatable bonds is 1. The maximum atomic E-state index is 13.0. The van der Waals surface area contributed by atoms with E-state index in [4.69, 9.17) is 0 Å². The number of carbonyl (C=O) groups is 2. The Kier molecular flexibility index (Phi) is 5.13. The number of hydrogen-bond donors (Lipinski definition) is 1. The average molecular weight is 457 g/mol. The Balaban J connectivity index is 1.55. The van der Waals surface area contributed by atoms with E-state index in [-0.39, 0.29) is 22.5 Å². The van der Waals surface area contributed by atoms with Gasteiger partial charge in [-0.25, -0.2) is 0 Å². The summed E-state index contributed by atoms with van der Waals surface area (Å²) in [6, 6.07) is 0. The summed E-state index contributed by atoms with van der Waals surface area (Å²) >= 11 is 0. The highest BCUT2D eigenvalue weighted by atomic mass is 16.4. The lowest BCUT2D eigenvalue weighted by molar-refractivity contribution is -0.246. The molecule has 5 aliphatic carbocycles. The molecule has 0 aliphatic heterocycles. The molecule has 1 N–H and O–H groups in total. The Bertz CT molecular complexity index is 865. The van der Waals surface area contributed by atoms with Gasteiger partial charge in [0.15, 0.2) is 0 Å². The highest BCUT2D eigenvalue weighted by molar-refractivity contribution is 6.03. The van der Waals surface area contributed by atoms with Crippen LogP contribution >= 0.6 is 0 Å². The van der Waals surface area contributed by atoms with Crippen molar-refractivity contribution < 1.29 is 14.7 Å². The molecule has 0 unspecified atom stereocenters. The minimum atomic E-state index is -1.20. The van der Waals surface area contributed by atoms with Crippen LogP contribution in [0.5, 0.6) is 0 Å². The molecule has 3 heteroatoms. The zero-order valence-corrected chi connectivity index (χ0v) is 22.3. The molecular weight excluding hydrogens is 408 g/mol. The Morgan fingerprint density at radius 3 is 2.18 bits per heavy atom. The van der Waals surface area contributed by atoms with Gasteiger partial charge in [0, 0.05) is 6.42 Å². The van der Waals surface area contributed by atoms with Gasteiger partial charge in [-0.2, -0.15) is 0 Å². The van der Waals surface area contributed by atoms with Crippen molar-refractivity contribution in [1.82, 2.24) is 0 Å². The van der Waals surface area contributed by atoms with E-state index in [1.54, 1.807) is 6.92 Å². The minimum absolute atomic E-state index is 0.0237. The summed E-state index contributed by atoms with van der Waals surface area (Å²) in [6.45, 7) is 17.0. The molecule has 5 saturated carbocycles. The van der Waals surface area contributed by atoms with E-state index in [1.165, 1.54) is 38.5 Å². The molecule has 0 spiro atoms. The fourth-order valence-electron chi connectivity index (χ4n) is 11.5. The number of ketones is 1. The molecule has 0 heterocycles. The van der Waals surface area contributed by atoms with Crippen molar-refractivity contribution in [2.24, 2.45) is 62.6 Å². The van der Waals surface area contributed by atoms with Crippen molar-refractivity contribution in [3.8, 4) is 0 Å². The van der Waals surface area contributed by atoms with Crippen LogP contribution in [-0.2, 0) is 9.59 Å². The molecule has 0 saturated heterocycles. The van der Waals surface area contributed by atoms with Crippen molar-refractivity contribution in [2.45, 2.75) is 113 Å². The van der Waals surface area contributed by atoms with E-state index in [9.17, 15) is 14.7 Å². The van der Waals surface area contributed by atoms with Crippen LogP contribution in [0.3, 0.4) is 0 Å². The molecule has 186 valence electrons. The lowest BCUT2D eigenvalue weighted by Gasteiger charge is -2.73. The molecule has 0 aromatic carbocycles. The predicted molar refractivity (Wildman–Crippen MR) is 132 cm³/mol. The van der Waals surface area contributed by atoms with E-state index in [1.807, 2.05) is 0 Å². The van der Waals surface area contributed by atoms with Crippen LogP contribution in [0.2, 0.25) is 0 Å². The fraction of sp³-hybridized carbons (Fsp3) is 0.933. The second-order valence-electron chi connectivity index (χ2n) is 14.7. The molecule has 0 aromatic heterocycles. The van der Waals surface area contributed by atoms with Crippen LogP contribution in [-0.4, -0.2) is 16.9 Å². The zero-order valence-electron chi connectivity index (χ0n) is 22.3. The molecule has 0 aromatic rings. The van der Waals surface area contributed by atoms with Crippen molar-refractivity contribution in [3.05, 3.63) is 0 Å². The first-order chi connectivity index (χ1) is 15.3. The number of carboxylic acid groups (broad SMARTS) is 1. The minimum Gasteiger partial charge on any atom is -0.480 e. The molecule has 5 rings (SSSR count). The van der Waals surface area contributed by atoms with Crippen LogP contribution in [0.1, 0.15) is 113 Å². The standard InChI is InChI=1S/C30H48O3/c1-18-10-13-26(3)16-17-28(5)20(24(26)19(18)2)8-9-21-27(4)14-12-23(31)30(7,25(32)33)22(27)11-15-29(21,28)6/h18-22,24H,8-17H2,1-7H3,(H,32,33)/t18-,19+,20-,21-,22+,24-,26-,27-,28-,29-,30-/m1/s1. The second kappa shape index (κ2) is 7.10. The van der Waals surface area contributed by atoms with Gasteiger partial charge in [-0.05, 0) is 122 Å².